The van der Waals surface area contributed by atoms with Crippen LogP contribution in [0.5, 0.6) is 0 Å². The van der Waals surface area contributed by atoms with Crippen LogP contribution in [0.1, 0.15) is 31.5 Å². The minimum absolute atomic E-state index is 0.0165. The summed E-state index contributed by atoms with van der Waals surface area (Å²) in [6.45, 7) is 4.49. The van der Waals surface area contributed by atoms with Crippen molar-refractivity contribution in [1.29, 1.82) is 0 Å². The van der Waals surface area contributed by atoms with Crippen LogP contribution in [0.4, 0.5) is 4.39 Å². The maximum Gasteiger partial charge on any atom is 0.242 e. The van der Waals surface area contributed by atoms with E-state index in [2.05, 4.69) is 27.3 Å². The van der Waals surface area contributed by atoms with Gasteiger partial charge in [0.15, 0.2) is 5.82 Å². The van der Waals surface area contributed by atoms with Crippen molar-refractivity contribution < 1.29 is 9.18 Å². The first kappa shape index (κ1) is 19.6. The molecule has 3 aliphatic rings. The van der Waals surface area contributed by atoms with E-state index in [0.29, 0.717) is 23.9 Å². The Labute approximate surface area is 176 Å². The van der Waals surface area contributed by atoms with Crippen molar-refractivity contribution in [2.75, 3.05) is 33.2 Å². The second-order valence-corrected chi connectivity index (χ2v) is 9.10. The van der Waals surface area contributed by atoms with Gasteiger partial charge in [-0.25, -0.2) is 14.1 Å². The summed E-state index contributed by atoms with van der Waals surface area (Å²) < 4.78 is 15.3. The summed E-state index contributed by atoms with van der Waals surface area (Å²) in [5, 5.41) is 7.80. The summed E-state index contributed by atoms with van der Waals surface area (Å²) in [6, 6.07) is 6.96. The van der Waals surface area contributed by atoms with E-state index in [9.17, 15) is 9.18 Å². The molecule has 1 amide bonds. The molecule has 1 aromatic heterocycles. The van der Waals surface area contributed by atoms with Crippen molar-refractivity contribution in [1.82, 2.24) is 29.9 Å². The van der Waals surface area contributed by atoms with Crippen LogP contribution in [-0.4, -0.2) is 75.3 Å². The molecular formula is C22H29FN6O. The molecule has 0 atom stereocenters. The zero-order valence-corrected chi connectivity index (χ0v) is 17.5. The fraction of sp³-hybridized carbons (Fsp3) is 0.591. The lowest BCUT2D eigenvalue weighted by Crippen LogP contribution is -2.58. The van der Waals surface area contributed by atoms with Gasteiger partial charge < -0.3 is 15.1 Å². The Morgan fingerprint density at radius 3 is 2.67 bits per heavy atom. The van der Waals surface area contributed by atoms with Crippen LogP contribution in [0.2, 0.25) is 0 Å². The van der Waals surface area contributed by atoms with Gasteiger partial charge in [-0.05, 0) is 58.0 Å². The average molecular weight is 413 g/mol. The lowest BCUT2D eigenvalue weighted by Gasteiger charge is -2.45. The number of amides is 1. The number of carbonyl (C=O) groups is 1. The van der Waals surface area contributed by atoms with Crippen LogP contribution in [-0.2, 0) is 17.8 Å². The number of nitrogens with zero attached hydrogens (tertiary/aromatic N) is 5. The monoisotopic (exact) mass is 412 g/mol. The van der Waals surface area contributed by atoms with Gasteiger partial charge in [-0.1, -0.05) is 12.1 Å². The van der Waals surface area contributed by atoms with Gasteiger partial charge in [0.05, 0.1) is 0 Å². The molecule has 1 aromatic carbocycles. The number of rotatable bonds is 2. The molecule has 160 valence electrons. The first-order valence-electron chi connectivity index (χ1n) is 10.9. The SMILES string of the molecule is CN1CCC(N2CCC3(CC2)Cc2nc(-c4cccc(F)c4)nn2CC(=O)N3)CC1. The number of carbonyl (C=O) groups excluding carboxylic acids is 1. The number of nitrogens with one attached hydrogen (secondary N) is 1. The highest BCUT2D eigenvalue weighted by Crippen LogP contribution is 2.31. The average Bonchev–Trinajstić information content (AvgIpc) is 3.05. The highest BCUT2D eigenvalue weighted by Gasteiger charge is 2.41. The molecule has 8 heteroatoms. The predicted octanol–water partition coefficient (Wildman–Crippen LogP) is 1.69. The fourth-order valence-corrected chi connectivity index (χ4v) is 5.18. The van der Waals surface area contributed by atoms with Crippen LogP contribution in [0.15, 0.2) is 24.3 Å². The van der Waals surface area contributed by atoms with Crippen molar-refractivity contribution >= 4 is 5.91 Å². The highest BCUT2D eigenvalue weighted by molar-refractivity contribution is 5.77. The zero-order valence-electron chi connectivity index (χ0n) is 17.5. The molecule has 0 bridgehead atoms. The maximum atomic E-state index is 13.6. The first-order valence-corrected chi connectivity index (χ1v) is 10.9. The van der Waals surface area contributed by atoms with Gasteiger partial charge in [0.2, 0.25) is 5.91 Å². The van der Waals surface area contributed by atoms with E-state index in [4.69, 9.17) is 4.98 Å². The molecule has 1 N–H and O–H groups in total. The van der Waals surface area contributed by atoms with E-state index in [0.717, 1.165) is 44.8 Å². The quantitative estimate of drug-likeness (QED) is 0.813. The Kier molecular flexibility index (Phi) is 5.06. The molecule has 3 aliphatic heterocycles. The van der Waals surface area contributed by atoms with Gasteiger partial charge in [0.25, 0.3) is 0 Å². The summed E-state index contributed by atoms with van der Waals surface area (Å²) >= 11 is 0. The Balaban J connectivity index is 1.33. The van der Waals surface area contributed by atoms with E-state index in [-0.39, 0.29) is 23.8 Å². The summed E-state index contributed by atoms with van der Waals surface area (Å²) in [5.74, 6) is 0.962. The first-order chi connectivity index (χ1) is 14.5. The van der Waals surface area contributed by atoms with Crippen LogP contribution in [0.25, 0.3) is 11.4 Å². The highest BCUT2D eigenvalue weighted by atomic mass is 19.1. The molecule has 1 spiro atoms. The topological polar surface area (TPSA) is 66.3 Å². The Hall–Kier alpha value is -2.32. The van der Waals surface area contributed by atoms with E-state index in [1.807, 2.05) is 0 Å². The van der Waals surface area contributed by atoms with E-state index in [1.54, 1.807) is 16.8 Å². The summed E-state index contributed by atoms with van der Waals surface area (Å²) in [5.41, 5.74) is 0.376. The number of likely N-dealkylation sites (tertiary alicyclic amines) is 2. The van der Waals surface area contributed by atoms with Gasteiger partial charge in [0, 0.05) is 36.7 Å². The number of benzene rings is 1. The minimum Gasteiger partial charge on any atom is -0.349 e. The Bertz CT molecular complexity index is 927. The molecule has 2 aromatic rings. The van der Waals surface area contributed by atoms with E-state index < -0.39 is 0 Å². The predicted molar refractivity (Wildman–Crippen MR) is 111 cm³/mol. The van der Waals surface area contributed by atoms with Gasteiger partial charge in [-0.15, -0.1) is 0 Å². The lowest BCUT2D eigenvalue weighted by molar-refractivity contribution is -0.124. The van der Waals surface area contributed by atoms with Crippen LogP contribution >= 0.6 is 0 Å². The molecule has 0 saturated carbocycles. The van der Waals surface area contributed by atoms with Crippen molar-refractivity contribution in [2.45, 2.75) is 50.2 Å². The fourth-order valence-electron chi connectivity index (χ4n) is 5.18. The lowest BCUT2D eigenvalue weighted by atomic mass is 9.83. The summed E-state index contributed by atoms with van der Waals surface area (Å²) in [6.07, 6.45) is 4.96. The summed E-state index contributed by atoms with van der Waals surface area (Å²) in [4.78, 5) is 22.4. The second kappa shape index (κ2) is 7.74. The standard InChI is InChI=1S/C22H29FN6O/c1-27-9-5-18(6-10-27)28-11-7-22(8-12-28)14-19-24-21(16-3-2-4-17(23)13-16)26-29(19)15-20(30)25-22/h2-4,13,18H,5-12,14-15H2,1H3,(H,25,30). The molecule has 7 nitrogen and oxygen atoms in total. The van der Waals surface area contributed by atoms with Crippen LogP contribution in [0, 0.1) is 5.82 Å². The van der Waals surface area contributed by atoms with Crippen molar-refractivity contribution in [3.63, 3.8) is 0 Å². The number of aromatic nitrogens is 3. The summed E-state index contributed by atoms with van der Waals surface area (Å²) in [7, 11) is 2.19. The van der Waals surface area contributed by atoms with E-state index in [1.165, 1.54) is 25.0 Å². The second-order valence-electron chi connectivity index (χ2n) is 9.10. The smallest absolute Gasteiger partial charge is 0.242 e. The Morgan fingerprint density at radius 1 is 1.17 bits per heavy atom. The Morgan fingerprint density at radius 2 is 1.93 bits per heavy atom. The number of fused-ring (bicyclic) bond motifs is 1. The molecule has 0 unspecified atom stereocenters. The largest absolute Gasteiger partial charge is 0.349 e. The number of piperidine rings is 2. The molecule has 2 saturated heterocycles. The van der Waals surface area contributed by atoms with Crippen molar-refractivity contribution in [2.24, 2.45) is 0 Å². The van der Waals surface area contributed by atoms with Crippen molar-refractivity contribution in [3.8, 4) is 11.4 Å². The molecule has 30 heavy (non-hydrogen) atoms. The van der Waals surface area contributed by atoms with E-state index >= 15 is 0 Å². The third-order valence-electron chi connectivity index (χ3n) is 6.99. The number of hydrogen-bond acceptors (Lipinski definition) is 5. The zero-order chi connectivity index (χ0) is 20.7. The molecule has 2 fully saturated rings. The third kappa shape index (κ3) is 3.86. The number of halogens is 1. The molecular weight excluding hydrogens is 383 g/mol. The van der Waals surface area contributed by atoms with Gasteiger partial charge in [0.1, 0.15) is 18.2 Å². The van der Waals surface area contributed by atoms with Crippen molar-refractivity contribution in [3.05, 3.63) is 35.9 Å². The van der Waals surface area contributed by atoms with Gasteiger partial charge in [-0.3, -0.25) is 4.79 Å². The molecule has 4 heterocycles. The van der Waals surface area contributed by atoms with Gasteiger partial charge >= 0.3 is 0 Å². The molecule has 0 radical (unpaired) electrons. The number of hydrogen-bond donors (Lipinski definition) is 1. The van der Waals surface area contributed by atoms with Crippen LogP contribution in [0.3, 0.4) is 0 Å². The maximum absolute atomic E-state index is 13.6. The van der Waals surface area contributed by atoms with Crippen LogP contribution < -0.4 is 5.32 Å². The molecule has 0 aliphatic carbocycles. The molecule has 5 rings (SSSR count). The minimum atomic E-state index is -0.312. The third-order valence-corrected chi connectivity index (χ3v) is 6.99. The van der Waals surface area contributed by atoms with Gasteiger partial charge in [-0.2, -0.15) is 5.10 Å². The normalized spacial score (nSPS) is 23.2.